The third-order valence-electron chi connectivity index (χ3n) is 2.80. The third-order valence-corrected chi connectivity index (χ3v) is 6.78. The van der Waals surface area contributed by atoms with Gasteiger partial charge in [-0.1, -0.05) is 73.2 Å². The van der Waals surface area contributed by atoms with E-state index in [4.69, 9.17) is 0 Å². The largest absolute Gasteiger partial charge is 1.00 e. The average Bonchev–Trinajstić information content (AvgIpc) is 2.41. The lowest BCUT2D eigenvalue weighted by atomic mass is 10.1. The van der Waals surface area contributed by atoms with Gasteiger partial charge < -0.3 is 17.0 Å². The predicted molar refractivity (Wildman–Crippen MR) is 80.1 cm³/mol. The van der Waals surface area contributed by atoms with Crippen LogP contribution >= 0.6 is 15.9 Å². The lowest BCUT2D eigenvalue weighted by Gasteiger charge is -1.98. The Morgan fingerprint density at radius 1 is 1.05 bits per heavy atom. The molecule has 0 saturated heterocycles. The summed E-state index contributed by atoms with van der Waals surface area (Å²) in [6, 6.07) is 10.8. The number of unbranched alkanes of at least 4 members (excludes halogenated alkanes) is 5. The molecular formula is C16H23Br2I. The zero-order valence-corrected chi connectivity index (χ0v) is 16.9. The molecule has 0 amide bonds. The van der Waals surface area contributed by atoms with Gasteiger partial charge in [0.05, 0.1) is 0 Å². The van der Waals surface area contributed by atoms with Crippen LogP contribution in [-0.2, 0) is 0 Å². The fourth-order valence-electron chi connectivity index (χ4n) is 1.74. The number of benzene rings is 1. The molecule has 19 heavy (non-hydrogen) atoms. The molecule has 0 aromatic heterocycles. The van der Waals surface area contributed by atoms with Gasteiger partial charge in [-0.15, -0.1) is 0 Å². The molecule has 0 aliphatic carbocycles. The Labute approximate surface area is 147 Å². The van der Waals surface area contributed by atoms with E-state index in [9.17, 15) is 0 Å². The van der Waals surface area contributed by atoms with Crippen LogP contribution in [0, 0.1) is 3.57 Å². The summed E-state index contributed by atoms with van der Waals surface area (Å²) in [5.74, 6) is 0. The van der Waals surface area contributed by atoms with Crippen molar-refractivity contribution in [2.24, 2.45) is 0 Å². The van der Waals surface area contributed by atoms with Crippen LogP contribution < -0.4 is 38.2 Å². The molecule has 0 fully saturated rings. The lowest BCUT2D eigenvalue weighted by Crippen LogP contribution is -3.59. The molecule has 0 saturated carbocycles. The van der Waals surface area contributed by atoms with E-state index in [-0.39, 0.29) is 38.2 Å². The van der Waals surface area contributed by atoms with Crippen molar-refractivity contribution >= 4 is 15.9 Å². The van der Waals surface area contributed by atoms with Gasteiger partial charge >= 0.3 is 21.2 Å². The molecule has 0 N–H and O–H groups in total. The number of hydrogen-bond acceptors (Lipinski definition) is 0. The van der Waals surface area contributed by atoms with E-state index in [2.05, 4.69) is 57.3 Å². The molecule has 0 heterocycles. The first-order chi connectivity index (χ1) is 8.83. The van der Waals surface area contributed by atoms with Gasteiger partial charge in [0.1, 0.15) is 0 Å². The van der Waals surface area contributed by atoms with Crippen molar-refractivity contribution in [3.63, 3.8) is 0 Å². The summed E-state index contributed by atoms with van der Waals surface area (Å²) in [7, 11) is 0. The summed E-state index contributed by atoms with van der Waals surface area (Å²) in [5.41, 5.74) is 0. The SMILES string of the molecule is CCCCCCCC/C(Br)=C/[I+]c1ccccc1.[Br-]. The van der Waals surface area contributed by atoms with E-state index in [0.717, 1.165) is 0 Å². The van der Waals surface area contributed by atoms with Crippen LogP contribution in [-0.4, -0.2) is 0 Å². The van der Waals surface area contributed by atoms with Crippen molar-refractivity contribution in [3.05, 3.63) is 42.5 Å². The van der Waals surface area contributed by atoms with Gasteiger partial charge in [0.2, 0.25) is 0 Å². The molecule has 1 aromatic carbocycles. The highest BCUT2D eigenvalue weighted by Gasteiger charge is 2.08. The summed E-state index contributed by atoms with van der Waals surface area (Å²) in [4.78, 5) is 0. The second kappa shape index (κ2) is 13.6. The van der Waals surface area contributed by atoms with Gasteiger partial charge in [-0.25, -0.2) is 0 Å². The molecule has 0 aliphatic rings. The van der Waals surface area contributed by atoms with Crippen molar-refractivity contribution < 1.29 is 38.2 Å². The fourth-order valence-corrected chi connectivity index (χ4v) is 4.44. The van der Waals surface area contributed by atoms with E-state index in [1.165, 1.54) is 53.0 Å². The predicted octanol–water partition coefficient (Wildman–Crippen LogP) is -0.0639. The van der Waals surface area contributed by atoms with Gasteiger partial charge in [0, 0.05) is 4.48 Å². The van der Waals surface area contributed by atoms with Gasteiger partial charge in [-0.05, 0) is 25.0 Å². The third kappa shape index (κ3) is 11.0. The maximum atomic E-state index is 3.71. The first-order valence-electron chi connectivity index (χ1n) is 6.86. The highest BCUT2D eigenvalue weighted by atomic mass is 127. The summed E-state index contributed by atoms with van der Waals surface area (Å²) in [6.45, 7) is 2.27. The van der Waals surface area contributed by atoms with Crippen molar-refractivity contribution in [1.82, 2.24) is 0 Å². The molecular weight excluding hydrogens is 479 g/mol. The van der Waals surface area contributed by atoms with Crippen LogP contribution in [0.3, 0.4) is 0 Å². The van der Waals surface area contributed by atoms with Gasteiger partial charge in [-0.3, -0.25) is 0 Å². The molecule has 0 bridgehead atoms. The van der Waals surface area contributed by atoms with Crippen LogP contribution in [0.25, 0.3) is 0 Å². The Morgan fingerprint density at radius 3 is 2.37 bits per heavy atom. The summed E-state index contributed by atoms with van der Waals surface area (Å²) in [5, 5.41) is 0. The number of halogens is 3. The maximum absolute atomic E-state index is 3.71. The molecule has 0 spiro atoms. The molecule has 1 aromatic rings. The first-order valence-corrected chi connectivity index (χ1v) is 9.97. The monoisotopic (exact) mass is 500 g/mol. The molecule has 1 rings (SSSR count). The summed E-state index contributed by atoms with van der Waals surface area (Å²) < 4.78 is 5.33. The zero-order chi connectivity index (χ0) is 13.1. The van der Waals surface area contributed by atoms with Gasteiger partial charge in [0.25, 0.3) is 0 Å². The van der Waals surface area contributed by atoms with E-state index < -0.39 is 0 Å². The second-order valence-electron chi connectivity index (χ2n) is 4.48. The van der Waals surface area contributed by atoms with Crippen LogP contribution in [0.15, 0.2) is 38.9 Å². The molecule has 108 valence electrons. The minimum absolute atomic E-state index is 0. The van der Waals surface area contributed by atoms with E-state index >= 15 is 0 Å². The Balaban J connectivity index is 0.00000324. The molecule has 0 radical (unpaired) electrons. The Kier molecular flexibility index (Phi) is 14.1. The minimum atomic E-state index is 0. The van der Waals surface area contributed by atoms with E-state index in [1.807, 2.05) is 0 Å². The summed E-state index contributed by atoms with van der Waals surface area (Å²) in [6.07, 6.45) is 9.49. The number of allylic oxidation sites excluding steroid dienone is 1. The molecule has 0 atom stereocenters. The van der Waals surface area contributed by atoms with Crippen molar-refractivity contribution in [1.29, 1.82) is 0 Å². The highest BCUT2D eigenvalue weighted by Crippen LogP contribution is 2.14. The number of hydrogen-bond donors (Lipinski definition) is 0. The Bertz CT molecular complexity index is 336. The number of rotatable bonds is 9. The highest BCUT2D eigenvalue weighted by molar-refractivity contribution is 9.11. The molecule has 3 heteroatoms. The molecule has 0 aliphatic heterocycles. The smallest absolute Gasteiger partial charge is 0.350 e. The topological polar surface area (TPSA) is 0 Å². The fraction of sp³-hybridized carbons (Fsp3) is 0.500. The Hall–Kier alpha value is 0.650. The maximum Gasteiger partial charge on any atom is 0.350 e. The van der Waals surface area contributed by atoms with Crippen molar-refractivity contribution in [2.45, 2.75) is 51.9 Å². The summed E-state index contributed by atoms with van der Waals surface area (Å²) >= 11 is 3.75. The second-order valence-corrected chi connectivity index (χ2v) is 7.99. The first kappa shape index (κ1) is 19.7. The van der Waals surface area contributed by atoms with E-state index in [1.54, 1.807) is 0 Å². The van der Waals surface area contributed by atoms with Crippen LogP contribution in [0.5, 0.6) is 0 Å². The van der Waals surface area contributed by atoms with E-state index in [0.29, 0.717) is 0 Å². The Morgan fingerprint density at radius 2 is 1.68 bits per heavy atom. The molecule has 0 nitrogen and oxygen atoms in total. The minimum Gasteiger partial charge on any atom is -1.00 e. The molecule has 0 unspecified atom stereocenters. The standard InChI is InChI=1S/C16H23BrI.BrH/c1-2-3-4-5-6-8-11-15(17)14-18-16-12-9-7-10-13-16;/h7,9-10,12-14H,2-6,8,11H2,1H3;1H/q+1;/p-1/b15-14-;. The lowest BCUT2D eigenvalue weighted by molar-refractivity contribution is -0.557. The van der Waals surface area contributed by atoms with Gasteiger partial charge in [-0.2, -0.15) is 0 Å². The van der Waals surface area contributed by atoms with Crippen LogP contribution in [0.1, 0.15) is 51.9 Å². The normalized spacial score (nSPS) is 11.2. The van der Waals surface area contributed by atoms with Crippen molar-refractivity contribution in [3.8, 4) is 0 Å². The van der Waals surface area contributed by atoms with Gasteiger partial charge in [0.15, 0.2) is 7.65 Å². The zero-order valence-electron chi connectivity index (χ0n) is 11.5. The average molecular weight is 502 g/mol. The van der Waals surface area contributed by atoms with Crippen molar-refractivity contribution in [2.75, 3.05) is 0 Å². The van der Waals surface area contributed by atoms with Crippen LogP contribution in [0.2, 0.25) is 0 Å². The quantitative estimate of drug-likeness (QED) is 0.328. The van der Waals surface area contributed by atoms with Crippen LogP contribution in [0.4, 0.5) is 0 Å².